The summed E-state index contributed by atoms with van der Waals surface area (Å²) in [5, 5.41) is 13.1. The quantitative estimate of drug-likeness (QED) is 0.623. The molecule has 0 aromatic heterocycles. The van der Waals surface area contributed by atoms with E-state index in [1.807, 2.05) is 12.1 Å². The third-order valence-electron chi connectivity index (χ3n) is 4.51. The first kappa shape index (κ1) is 18.6. The van der Waals surface area contributed by atoms with Gasteiger partial charge < -0.3 is 15.2 Å². The molecule has 1 aromatic carbocycles. The highest BCUT2D eigenvalue weighted by atomic mass is 35.5. The molecule has 1 aliphatic heterocycles. The van der Waals surface area contributed by atoms with Gasteiger partial charge in [-0.05, 0) is 30.5 Å². The van der Waals surface area contributed by atoms with E-state index in [4.69, 9.17) is 21.4 Å². The number of ether oxygens (including phenoxy) is 1. The summed E-state index contributed by atoms with van der Waals surface area (Å²) in [6.45, 7) is 3.17. The molecule has 1 aliphatic rings. The van der Waals surface area contributed by atoms with E-state index in [0.29, 0.717) is 5.02 Å². The number of aliphatic hydroxyl groups is 1. The molecule has 0 spiro atoms. The van der Waals surface area contributed by atoms with Gasteiger partial charge >= 0.3 is 0 Å². The van der Waals surface area contributed by atoms with Crippen LogP contribution in [-0.4, -0.2) is 30.4 Å². The second-order valence-electron chi connectivity index (χ2n) is 6.55. The third-order valence-corrected chi connectivity index (χ3v) is 4.81. The smallest absolute Gasteiger partial charge is 0.138 e. The molecule has 1 fully saturated rings. The predicted molar refractivity (Wildman–Crippen MR) is 96.4 cm³/mol. The highest BCUT2D eigenvalue weighted by Gasteiger charge is 2.25. The number of nitrogens with one attached hydrogen (secondary N) is 1. The van der Waals surface area contributed by atoms with Crippen molar-refractivity contribution in [3.63, 3.8) is 0 Å². The van der Waals surface area contributed by atoms with Crippen LogP contribution in [0.1, 0.15) is 57.4 Å². The Balaban J connectivity index is 1.74. The van der Waals surface area contributed by atoms with Crippen LogP contribution in [0, 0.1) is 0 Å². The number of halogens is 1. The molecular formula is C19H30ClNO2. The summed E-state index contributed by atoms with van der Waals surface area (Å²) in [6.07, 6.45) is 9.87. The molecule has 1 heterocycles. The van der Waals surface area contributed by atoms with Crippen LogP contribution >= 0.6 is 11.6 Å². The first-order valence-electron chi connectivity index (χ1n) is 9.02. The Morgan fingerprint density at radius 1 is 1.22 bits per heavy atom. The molecule has 0 bridgehead atoms. The maximum Gasteiger partial charge on any atom is 0.138 e. The van der Waals surface area contributed by atoms with Crippen molar-refractivity contribution in [3.05, 3.63) is 28.8 Å². The first-order chi connectivity index (χ1) is 11.2. The van der Waals surface area contributed by atoms with E-state index in [0.717, 1.165) is 25.1 Å². The molecule has 1 aromatic rings. The molecule has 130 valence electrons. The van der Waals surface area contributed by atoms with Crippen molar-refractivity contribution >= 4 is 11.6 Å². The molecule has 0 amide bonds. The molecule has 0 unspecified atom stereocenters. The highest BCUT2D eigenvalue weighted by Crippen LogP contribution is 2.28. The Morgan fingerprint density at radius 2 is 2.00 bits per heavy atom. The Hall–Kier alpha value is -0.770. The largest absolute Gasteiger partial charge is 0.487 e. The zero-order chi connectivity index (χ0) is 16.5. The van der Waals surface area contributed by atoms with Gasteiger partial charge in [-0.15, -0.1) is 0 Å². The van der Waals surface area contributed by atoms with Crippen molar-refractivity contribution in [2.75, 3.05) is 13.2 Å². The molecule has 4 heteroatoms. The Bertz CT molecular complexity index is 467. The average molecular weight is 340 g/mol. The van der Waals surface area contributed by atoms with Gasteiger partial charge in [0.15, 0.2) is 0 Å². The van der Waals surface area contributed by atoms with Crippen molar-refractivity contribution in [1.82, 2.24) is 5.32 Å². The molecule has 2 atom stereocenters. The highest BCUT2D eigenvalue weighted by molar-refractivity contribution is 6.32. The summed E-state index contributed by atoms with van der Waals surface area (Å²) in [5.74, 6) is 0.753. The molecule has 2 N–H and O–H groups in total. The fraction of sp³-hybridized carbons (Fsp3) is 0.684. The van der Waals surface area contributed by atoms with Crippen molar-refractivity contribution in [3.8, 4) is 5.75 Å². The van der Waals surface area contributed by atoms with Gasteiger partial charge in [-0.25, -0.2) is 0 Å². The van der Waals surface area contributed by atoms with Gasteiger partial charge in [0.05, 0.1) is 11.6 Å². The van der Waals surface area contributed by atoms with E-state index in [1.165, 1.54) is 44.1 Å². The van der Waals surface area contributed by atoms with E-state index in [9.17, 15) is 0 Å². The molecule has 0 radical (unpaired) electrons. The number of hydrogen-bond donors (Lipinski definition) is 2. The number of aryl methyl sites for hydroxylation is 1. The minimum atomic E-state index is 0.0917. The SMILES string of the molecule is CCCCCCCCc1ccc(O[C@@H]2CN[C@H](CO)C2)c(Cl)c1. The number of benzene rings is 1. The molecule has 0 saturated carbocycles. The summed E-state index contributed by atoms with van der Waals surface area (Å²) in [6, 6.07) is 6.29. The summed E-state index contributed by atoms with van der Waals surface area (Å²) in [5.41, 5.74) is 1.29. The summed E-state index contributed by atoms with van der Waals surface area (Å²) >= 11 is 6.36. The lowest BCUT2D eigenvalue weighted by Crippen LogP contribution is -2.25. The normalized spacial score (nSPS) is 20.8. The van der Waals surface area contributed by atoms with Crippen LogP contribution in [0.4, 0.5) is 0 Å². The summed E-state index contributed by atoms with van der Waals surface area (Å²) in [7, 11) is 0. The van der Waals surface area contributed by atoms with Gasteiger partial charge in [0.1, 0.15) is 11.9 Å². The fourth-order valence-corrected chi connectivity index (χ4v) is 3.34. The van der Waals surface area contributed by atoms with Crippen molar-refractivity contribution in [2.24, 2.45) is 0 Å². The molecule has 2 rings (SSSR count). The van der Waals surface area contributed by atoms with E-state index < -0.39 is 0 Å². The van der Waals surface area contributed by atoms with E-state index in [1.54, 1.807) is 0 Å². The van der Waals surface area contributed by atoms with E-state index in [2.05, 4.69) is 18.3 Å². The van der Waals surface area contributed by atoms with Gasteiger partial charge in [-0.1, -0.05) is 56.7 Å². The molecule has 0 aliphatic carbocycles. The van der Waals surface area contributed by atoms with Crippen LogP contribution in [0.5, 0.6) is 5.75 Å². The van der Waals surface area contributed by atoms with Gasteiger partial charge in [-0.2, -0.15) is 0 Å². The van der Waals surface area contributed by atoms with Crippen LogP contribution < -0.4 is 10.1 Å². The number of hydrogen-bond acceptors (Lipinski definition) is 3. The standard InChI is InChI=1S/C19H30ClNO2/c1-2-3-4-5-6-7-8-15-9-10-19(18(20)11-15)23-17-12-16(14-22)21-13-17/h9-11,16-17,21-22H,2-8,12-14H2,1H3/t16-,17-/m0/s1. The molecular weight excluding hydrogens is 310 g/mol. The Morgan fingerprint density at radius 3 is 2.70 bits per heavy atom. The lowest BCUT2D eigenvalue weighted by Gasteiger charge is -2.15. The van der Waals surface area contributed by atoms with Crippen molar-refractivity contribution in [1.29, 1.82) is 0 Å². The van der Waals surface area contributed by atoms with Gasteiger partial charge in [-0.3, -0.25) is 0 Å². The van der Waals surface area contributed by atoms with Crippen LogP contribution in [0.2, 0.25) is 5.02 Å². The maximum absolute atomic E-state index is 9.15. The fourth-order valence-electron chi connectivity index (χ4n) is 3.10. The summed E-state index contributed by atoms with van der Waals surface area (Å²) in [4.78, 5) is 0. The number of unbranched alkanes of at least 4 members (excludes halogenated alkanes) is 5. The van der Waals surface area contributed by atoms with Gasteiger partial charge in [0.25, 0.3) is 0 Å². The first-order valence-corrected chi connectivity index (χ1v) is 9.40. The van der Waals surface area contributed by atoms with Gasteiger partial charge in [0, 0.05) is 19.0 Å². The van der Waals surface area contributed by atoms with Crippen LogP contribution in [0.3, 0.4) is 0 Å². The number of rotatable bonds is 10. The van der Waals surface area contributed by atoms with Crippen molar-refractivity contribution < 1.29 is 9.84 Å². The third kappa shape index (κ3) is 6.33. The topological polar surface area (TPSA) is 41.5 Å². The van der Waals surface area contributed by atoms with Crippen LogP contribution in [-0.2, 0) is 6.42 Å². The zero-order valence-electron chi connectivity index (χ0n) is 14.2. The minimum absolute atomic E-state index is 0.0917. The van der Waals surface area contributed by atoms with Crippen LogP contribution in [0.15, 0.2) is 18.2 Å². The van der Waals surface area contributed by atoms with E-state index >= 15 is 0 Å². The lowest BCUT2D eigenvalue weighted by molar-refractivity contribution is 0.206. The Labute approximate surface area is 145 Å². The van der Waals surface area contributed by atoms with Crippen LogP contribution in [0.25, 0.3) is 0 Å². The maximum atomic E-state index is 9.15. The number of aliphatic hydroxyl groups excluding tert-OH is 1. The second-order valence-corrected chi connectivity index (χ2v) is 6.95. The summed E-state index contributed by atoms with van der Waals surface area (Å²) < 4.78 is 5.96. The predicted octanol–water partition coefficient (Wildman–Crippen LogP) is 4.34. The Kier molecular flexibility index (Phi) is 8.21. The van der Waals surface area contributed by atoms with E-state index in [-0.39, 0.29) is 18.8 Å². The lowest BCUT2D eigenvalue weighted by atomic mass is 10.0. The minimum Gasteiger partial charge on any atom is -0.487 e. The molecule has 3 nitrogen and oxygen atoms in total. The monoisotopic (exact) mass is 339 g/mol. The zero-order valence-corrected chi connectivity index (χ0v) is 14.9. The van der Waals surface area contributed by atoms with Crippen molar-refractivity contribution in [2.45, 2.75) is 70.4 Å². The second kappa shape index (κ2) is 10.2. The molecule has 23 heavy (non-hydrogen) atoms. The average Bonchev–Trinajstić information content (AvgIpc) is 3.01. The van der Waals surface area contributed by atoms with Gasteiger partial charge in [0.2, 0.25) is 0 Å². The molecule has 1 saturated heterocycles.